The van der Waals surface area contributed by atoms with E-state index in [0.29, 0.717) is 35.9 Å². The van der Waals surface area contributed by atoms with E-state index in [4.69, 9.17) is 24.9 Å². The lowest BCUT2D eigenvalue weighted by molar-refractivity contribution is -0.150. The Hall–Kier alpha value is -7.52. The number of methoxy groups -OCH3 is 1. The summed E-state index contributed by atoms with van der Waals surface area (Å²) in [5.74, 6) is -3.95. The predicted molar refractivity (Wildman–Crippen MR) is 346 cm³/mol. The summed E-state index contributed by atoms with van der Waals surface area (Å²) in [5, 5.41) is 13.1. The van der Waals surface area contributed by atoms with Crippen molar-refractivity contribution in [1.29, 1.82) is 0 Å². The number of benzene rings is 3. The molecule has 6 amide bonds. The standard InChI is InChI=1S/C69H96N8O12S/c1-13-43(8)53(36-60(80)58-32-42(7)29-31-76(58)11)66(83)77(14-2)57(40(3)4)37-61(89-45(10)78)65-74-56(39-90-65)63(81)72-48(33-44(9)67(84)87-12)34-46-25-27-47(28-26-46)35-59(79)55(24-19-30-71-68(70)85)73-64(82)62(41(5)6)75-69(86)88-38-54-51-22-17-15-20-49(51)50-21-16-18-23-52(50)54/h15-18,20-23,25-28,39-44,48,53-55,57-58,61-62H,13-14,19,24,29-38H2,1-12H3,(H,72,81)(H,73,82)(H,75,86)(H3,70,71,85)/t42-,43+,44+,48-,53+,55+,57-,58-,61-,62+/m1/s1. The molecule has 2 aliphatic rings. The number of rotatable bonds is 33. The molecule has 0 unspecified atom stereocenters. The summed E-state index contributed by atoms with van der Waals surface area (Å²) in [6, 6.07) is 19.1. The normalized spacial score (nSPS) is 17.4. The number of fused-ring (bicyclic) bond motifs is 3. The first-order valence-electron chi connectivity index (χ1n) is 31.9. The molecular weight excluding hydrogens is 1160 g/mol. The van der Waals surface area contributed by atoms with Gasteiger partial charge in [-0.3, -0.25) is 38.5 Å². The van der Waals surface area contributed by atoms with Crippen molar-refractivity contribution < 1.29 is 57.4 Å². The number of nitrogens with one attached hydrogen (secondary N) is 4. The monoisotopic (exact) mass is 1260 g/mol. The van der Waals surface area contributed by atoms with Gasteiger partial charge in [-0.1, -0.05) is 135 Å². The quantitative estimate of drug-likeness (QED) is 0.0169. The fourth-order valence-electron chi connectivity index (χ4n) is 12.5. The molecule has 6 rings (SSSR count). The molecule has 0 spiro atoms. The Labute approximate surface area is 535 Å². The van der Waals surface area contributed by atoms with Crippen LogP contribution in [-0.4, -0.2) is 139 Å². The molecule has 1 aromatic heterocycles. The number of likely N-dealkylation sites (N-methyl/N-ethyl adjacent to an activating group) is 1. The van der Waals surface area contributed by atoms with Crippen LogP contribution in [0, 0.1) is 35.5 Å². The van der Waals surface area contributed by atoms with E-state index in [1.54, 1.807) is 38.3 Å². The first-order chi connectivity index (χ1) is 42.8. The van der Waals surface area contributed by atoms with Gasteiger partial charge in [0.2, 0.25) is 11.8 Å². The first kappa shape index (κ1) is 71.6. The van der Waals surface area contributed by atoms with Crippen LogP contribution in [0.15, 0.2) is 78.2 Å². The third kappa shape index (κ3) is 19.7. The molecule has 2 heterocycles. The topological polar surface area (TPSA) is 275 Å². The van der Waals surface area contributed by atoms with E-state index in [9.17, 15) is 43.2 Å². The molecule has 1 aliphatic carbocycles. The number of alkyl carbamates (subject to hydrolysis) is 1. The Morgan fingerprint density at radius 2 is 1.48 bits per heavy atom. The number of carbonyl (C=O) groups excluding carboxylic acids is 9. The van der Waals surface area contributed by atoms with Crippen LogP contribution in [0.4, 0.5) is 9.59 Å². The number of nitrogens with two attached hydrogens (primary N) is 1. The number of amides is 6. The molecule has 490 valence electrons. The molecule has 1 aliphatic heterocycles. The van der Waals surface area contributed by atoms with Gasteiger partial charge >= 0.3 is 24.1 Å². The molecule has 21 heteroatoms. The Kier molecular flexibility index (Phi) is 27.1. The number of Topliss-reactive ketones (excluding diaryl/α,β-unsaturated/α-hetero) is 2. The predicted octanol–water partition coefficient (Wildman–Crippen LogP) is 9.51. The highest BCUT2D eigenvalue weighted by molar-refractivity contribution is 7.09. The van der Waals surface area contributed by atoms with Crippen molar-refractivity contribution in [3.8, 4) is 11.1 Å². The van der Waals surface area contributed by atoms with Gasteiger partial charge in [0.1, 0.15) is 23.4 Å². The molecule has 1 saturated heterocycles. The van der Waals surface area contributed by atoms with Gasteiger partial charge in [0.05, 0.1) is 25.1 Å². The number of aromatic nitrogens is 1. The number of hydrogen-bond acceptors (Lipinski definition) is 15. The van der Waals surface area contributed by atoms with Crippen LogP contribution in [0.5, 0.6) is 0 Å². The lowest BCUT2D eigenvalue weighted by atomic mass is 9.81. The smallest absolute Gasteiger partial charge is 0.407 e. The number of carbonyl (C=O) groups is 9. The minimum atomic E-state index is -1.06. The third-order valence-corrected chi connectivity index (χ3v) is 18.8. The second-order valence-corrected chi connectivity index (χ2v) is 26.2. The Balaban J connectivity index is 1.13. The van der Waals surface area contributed by atoms with Crippen LogP contribution in [0.2, 0.25) is 0 Å². The number of urea groups is 1. The Morgan fingerprint density at radius 3 is 2.07 bits per heavy atom. The number of ketones is 2. The molecule has 0 bridgehead atoms. The summed E-state index contributed by atoms with van der Waals surface area (Å²) in [7, 11) is 3.28. The van der Waals surface area contributed by atoms with E-state index in [2.05, 4.69) is 33.1 Å². The summed E-state index contributed by atoms with van der Waals surface area (Å²) in [4.78, 5) is 130. The second kappa shape index (κ2) is 34.1. The average Bonchev–Trinajstić information content (AvgIpc) is 1.63. The third-order valence-electron chi connectivity index (χ3n) is 17.9. The van der Waals surface area contributed by atoms with Crippen LogP contribution in [0.25, 0.3) is 11.1 Å². The van der Waals surface area contributed by atoms with E-state index in [1.165, 1.54) is 14.0 Å². The number of primary amides is 1. The highest BCUT2D eigenvalue weighted by Crippen LogP contribution is 2.44. The van der Waals surface area contributed by atoms with E-state index in [0.717, 1.165) is 58.5 Å². The van der Waals surface area contributed by atoms with Gasteiger partial charge in [-0.25, -0.2) is 14.6 Å². The zero-order valence-electron chi connectivity index (χ0n) is 54.6. The molecule has 0 radical (unpaired) electrons. The number of ether oxygens (including phenoxy) is 3. The van der Waals surface area contributed by atoms with Gasteiger partial charge in [0, 0.05) is 68.6 Å². The minimum absolute atomic E-state index is 0.0460. The summed E-state index contributed by atoms with van der Waals surface area (Å²) in [5.41, 5.74) is 11.0. The lowest BCUT2D eigenvalue weighted by Crippen LogP contribution is -2.54. The van der Waals surface area contributed by atoms with Gasteiger partial charge in [-0.15, -0.1) is 11.3 Å². The number of hydrogen-bond donors (Lipinski definition) is 5. The largest absolute Gasteiger partial charge is 0.469 e. The Bertz CT molecular complexity index is 3070. The number of nitrogens with zero attached hydrogens (tertiary/aromatic N) is 3. The van der Waals surface area contributed by atoms with Crippen LogP contribution < -0.4 is 27.0 Å². The number of likely N-dealkylation sites (tertiary alicyclic amines) is 1. The van der Waals surface area contributed by atoms with Crippen LogP contribution in [0.1, 0.15) is 170 Å². The van der Waals surface area contributed by atoms with E-state index in [-0.39, 0.29) is 98.6 Å². The van der Waals surface area contributed by atoms with Gasteiger partial charge in [-0.05, 0) is 116 Å². The van der Waals surface area contributed by atoms with Crippen molar-refractivity contribution in [1.82, 2.24) is 36.1 Å². The molecule has 3 aromatic carbocycles. The SMILES string of the molecule is CC[C@H](C)[C@H](CC(=O)[C@H]1C[C@H](C)CCN1C)C(=O)N(CC)[C@H](C[C@@H](OC(C)=O)c1nc(C(=O)N[C@@H](Cc2ccc(CC(=O)[C@H](CCCNC(N)=O)NC(=O)[C@@H](NC(=O)OCC3c4ccccc4-c4ccccc43)C(C)C)cc2)C[C@H](C)C(=O)OC)cs1)C(C)C. The zero-order valence-corrected chi connectivity index (χ0v) is 55.5. The molecular formula is C69H96N8O12S. The van der Waals surface area contributed by atoms with E-state index in [1.807, 2.05) is 107 Å². The Morgan fingerprint density at radius 1 is 0.833 bits per heavy atom. The van der Waals surface area contributed by atoms with Crippen LogP contribution in [0.3, 0.4) is 0 Å². The highest BCUT2D eigenvalue weighted by Gasteiger charge is 2.40. The summed E-state index contributed by atoms with van der Waals surface area (Å²) < 4.78 is 16.8. The average molecular weight is 1260 g/mol. The fraction of sp³-hybridized carbons (Fsp3) is 0.565. The van der Waals surface area contributed by atoms with Crippen molar-refractivity contribution in [2.24, 2.45) is 41.2 Å². The fourth-order valence-corrected chi connectivity index (χ4v) is 13.3. The van der Waals surface area contributed by atoms with E-state index >= 15 is 0 Å². The van der Waals surface area contributed by atoms with Gasteiger partial charge in [0.25, 0.3) is 5.91 Å². The van der Waals surface area contributed by atoms with Crippen molar-refractivity contribution in [2.75, 3.05) is 40.4 Å². The summed E-state index contributed by atoms with van der Waals surface area (Å²) in [6.07, 6.45) is 1.99. The van der Waals surface area contributed by atoms with Crippen molar-refractivity contribution in [3.05, 3.63) is 111 Å². The van der Waals surface area contributed by atoms with Crippen molar-refractivity contribution >= 4 is 64.7 Å². The zero-order chi connectivity index (χ0) is 65.9. The van der Waals surface area contributed by atoms with Crippen molar-refractivity contribution in [3.63, 3.8) is 0 Å². The molecule has 20 nitrogen and oxygen atoms in total. The van der Waals surface area contributed by atoms with Crippen LogP contribution >= 0.6 is 11.3 Å². The lowest BCUT2D eigenvalue weighted by Gasteiger charge is -2.39. The molecule has 10 atom stereocenters. The van der Waals surface area contributed by atoms with Gasteiger partial charge < -0.3 is 46.1 Å². The maximum atomic E-state index is 14.8. The van der Waals surface area contributed by atoms with Crippen molar-refractivity contribution in [2.45, 2.75) is 176 Å². The molecule has 1 fully saturated rings. The number of thiazole rings is 1. The van der Waals surface area contributed by atoms with Gasteiger partial charge in [-0.2, -0.15) is 0 Å². The first-order valence-corrected chi connectivity index (χ1v) is 32.8. The summed E-state index contributed by atoms with van der Waals surface area (Å²) in [6.45, 7) is 20.1. The summed E-state index contributed by atoms with van der Waals surface area (Å²) >= 11 is 1.16. The molecule has 90 heavy (non-hydrogen) atoms. The van der Waals surface area contributed by atoms with Crippen LogP contribution in [-0.2, 0) is 55.8 Å². The molecule has 6 N–H and O–H groups in total. The van der Waals surface area contributed by atoms with E-state index < -0.39 is 83.9 Å². The highest BCUT2D eigenvalue weighted by atomic mass is 32.1. The maximum Gasteiger partial charge on any atom is 0.407 e. The van der Waals surface area contributed by atoms with Gasteiger partial charge in [0.15, 0.2) is 17.7 Å². The number of esters is 2. The number of piperidine rings is 1. The molecule has 0 saturated carbocycles. The maximum absolute atomic E-state index is 14.8. The minimum Gasteiger partial charge on any atom is -0.469 e. The molecule has 4 aromatic rings. The second-order valence-electron chi connectivity index (χ2n) is 25.3.